The Morgan fingerprint density at radius 1 is 1.25 bits per heavy atom. The van der Waals surface area contributed by atoms with Crippen molar-refractivity contribution in [2.75, 3.05) is 5.32 Å². The molecule has 0 spiro atoms. The number of benzene rings is 1. The lowest BCUT2D eigenvalue weighted by atomic mass is 10.1. The number of anilines is 1. The Morgan fingerprint density at radius 2 is 2.00 bits per heavy atom. The van der Waals surface area contributed by atoms with Gasteiger partial charge >= 0.3 is 5.97 Å². The molecule has 1 aromatic heterocycles. The van der Waals surface area contributed by atoms with Crippen molar-refractivity contribution < 1.29 is 19.1 Å². The average Bonchev–Trinajstić information content (AvgIpc) is 2.38. The minimum absolute atomic E-state index is 0.107. The lowest BCUT2D eigenvalue weighted by Crippen LogP contribution is -2.14. The molecular formula is C14H11FN2O3. The number of nitrogens with one attached hydrogen (secondary N) is 1. The van der Waals surface area contributed by atoms with Gasteiger partial charge in [0.15, 0.2) is 0 Å². The number of nitrogens with zero attached hydrogens (tertiary/aromatic N) is 1. The number of aryl methyl sites for hydroxylation is 1. The summed E-state index contributed by atoms with van der Waals surface area (Å²) < 4.78 is 13.6. The number of amides is 1. The van der Waals surface area contributed by atoms with Gasteiger partial charge in [-0.05, 0) is 36.8 Å². The molecule has 0 fully saturated rings. The van der Waals surface area contributed by atoms with Crippen LogP contribution in [0, 0.1) is 12.7 Å². The summed E-state index contributed by atoms with van der Waals surface area (Å²) in [7, 11) is 0. The van der Waals surface area contributed by atoms with Crippen LogP contribution < -0.4 is 5.32 Å². The number of carboxylic acids is 1. The molecule has 2 aromatic rings. The minimum atomic E-state index is -1.21. The number of carbonyl (C=O) groups excluding carboxylic acids is 1. The van der Waals surface area contributed by atoms with Gasteiger partial charge in [-0.2, -0.15) is 0 Å². The molecule has 102 valence electrons. The predicted octanol–water partition coefficient (Wildman–Crippen LogP) is 2.48. The van der Waals surface area contributed by atoms with Crippen molar-refractivity contribution in [3.8, 4) is 0 Å². The maximum Gasteiger partial charge on any atom is 0.354 e. The van der Waals surface area contributed by atoms with Gasteiger partial charge in [0.25, 0.3) is 5.91 Å². The Kier molecular flexibility index (Phi) is 3.74. The Labute approximate surface area is 114 Å². The summed E-state index contributed by atoms with van der Waals surface area (Å²) in [6, 6.07) is 6.87. The fourth-order valence-electron chi connectivity index (χ4n) is 1.63. The lowest BCUT2D eigenvalue weighted by Gasteiger charge is -2.07. The second-order valence-electron chi connectivity index (χ2n) is 4.17. The van der Waals surface area contributed by atoms with E-state index in [0.29, 0.717) is 5.56 Å². The van der Waals surface area contributed by atoms with Crippen LogP contribution >= 0.6 is 0 Å². The minimum Gasteiger partial charge on any atom is -0.477 e. The van der Waals surface area contributed by atoms with Crippen molar-refractivity contribution in [2.45, 2.75) is 6.92 Å². The number of carbonyl (C=O) groups is 2. The van der Waals surface area contributed by atoms with E-state index in [4.69, 9.17) is 5.11 Å². The average molecular weight is 274 g/mol. The first-order valence-corrected chi connectivity index (χ1v) is 5.74. The molecule has 0 aliphatic heterocycles. The number of hydrogen-bond donors (Lipinski definition) is 2. The Morgan fingerprint density at radius 3 is 2.65 bits per heavy atom. The van der Waals surface area contributed by atoms with Crippen LogP contribution in [0.5, 0.6) is 0 Å². The monoisotopic (exact) mass is 274 g/mol. The van der Waals surface area contributed by atoms with E-state index in [9.17, 15) is 14.0 Å². The highest BCUT2D eigenvalue weighted by molar-refractivity contribution is 6.04. The smallest absolute Gasteiger partial charge is 0.354 e. The maximum atomic E-state index is 13.6. The SMILES string of the molecule is Cc1ccc(C(=O)Nc2ccnc(C(=O)O)c2)c(F)c1. The van der Waals surface area contributed by atoms with Gasteiger partial charge in [-0.15, -0.1) is 0 Å². The van der Waals surface area contributed by atoms with Crippen LogP contribution in [0.2, 0.25) is 0 Å². The molecule has 2 N–H and O–H groups in total. The predicted molar refractivity (Wildman–Crippen MR) is 70.3 cm³/mol. The molecule has 6 heteroatoms. The first-order chi connectivity index (χ1) is 9.47. The lowest BCUT2D eigenvalue weighted by molar-refractivity contribution is 0.0690. The molecule has 20 heavy (non-hydrogen) atoms. The molecular weight excluding hydrogens is 263 g/mol. The number of hydrogen-bond acceptors (Lipinski definition) is 3. The quantitative estimate of drug-likeness (QED) is 0.901. The van der Waals surface area contributed by atoms with Crippen molar-refractivity contribution in [1.29, 1.82) is 0 Å². The molecule has 1 heterocycles. The normalized spacial score (nSPS) is 10.1. The summed E-state index contributed by atoms with van der Waals surface area (Å²) in [5.74, 6) is -2.48. The molecule has 0 atom stereocenters. The molecule has 1 aromatic carbocycles. The van der Waals surface area contributed by atoms with Crippen molar-refractivity contribution >= 4 is 17.6 Å². The van der Waals surface area contributed by atoms with E-state index in [1.165, 1.54) is 30.5 Å². The second-order valence-corrected chi connectivity index (χ2v) is 4.17. The van der Waals surface area contributed by atoms with Crippen LogP contribution in [0.1, 0.15) is 26.4 Å². The van der Waals surface area contributed by atoms with Gasteiger partial charge in [0, 0.05) is 11.9 Å². The first-order valence-electron chi connectivity index (χ1n) is 5.74. The molecule has 0 aliphatic carbocycles. The van der Waals surface area contributed by atoms with E-state index in [0.717, 1.165) is 0 Å². The Bertz CT molecular complexity index is 686. The highest BCUT2D eigenvalue weighted by atomic mass is 19.1. The van der Waals surface area contributed by atoms with Gasteiger partial charge in [-0.3, -0.25) is 4.79 Å². The van der Waals surface area contributed by atoms with Crippen LogP contribution in [0.25, 0.3) is 0 Å². The topological polar surface area (TPSA) is 79.3 Å². The van der Waals surface area contributed by atoms with Crippen molar-refractivity contribution in [2.24, 2.45) is 0 Å². The van der Waals surface area contributed by atoms with E-state index < -0.39 is 17.7 Å². The number of aromatic carboxylic acids is 1. The van der Waals surface area contributed by atoms with E-state index in [1.807, 2.05) is 0 Å². The van der Waals surface area contributed by atoms with E-state index in [2.05, 4.69) is 10.3 Å². The van der Waals surface area contributed by atoms with Crippen LogP contribution in [-0.4, -0.2) is 22.0 Å². The standard InChI is InChI=1S/C14H11FN2O3/c1-8-2-3-10(11(15)6-8)13(18)17-9-4-5-16-12(7-9)14(19)20/h2-7H,1H3,(H,19,20)(H,16,17,18). The third-order valence-corrected chi connectivity index (χ3v) is 2.61. The fourth-order valence-corrected chi connectivity index (χ4v) is 1.63. The summed E-state index contributed by atoms with van der Waals surface area (Å²) >= 11 is 0. The summed E-state index contributed by atoms with van der Waals surface area (Å²) in [4.78, 5) is 26.3. The maximum absolute atomic E-state index is 13.6. The van der Waals surface area contributed by atoms with Crippen LogP contribution in [0.4, 0.5) is 10.1 Å². The summed E-state index contributed by atoms with van der Waals surface area (Å²) in [5.41, 5.74) is 0.634. The number of aromatic nitrogens is 1. The Balaban J connectivity index is 2.23. The molecule has 0 radical (unpaired) electrons. The van der Waals surface area contributed by atoms with E-state index >= 15 is 0 Å². The third kappa shape index (κ3) is 2.97. The molecule has 5 nitrogen and oxygen atoms in total. The van der Waals surface area contributed by atoms with Gasteiger partial charge in [0.05, 0.1) is 5.56 Å². The van der Waals surface area contributed by atoms with Gasteiger partial charge in [-0.25, -0.2) is 14.2 Å². The molecule has 1 amide bonds. The second kappa shape index (κ2) is 5.48. The Hall–Kier alpha value is -2.76. The van der Waals surface area contributed by atoms with Crippen LogP contribution in [-0.2, 0) is 0 Å². The van der Waals surface area contributed by atoms with Gasteiger partial charge in [-0.1, -0.05) is 6.07 Å². The highest BCUT2D eigenvalue weighted by Gasteiger charge is 2.13. The van der Waals surface area contributed by atoms with Crippen molar-refractivity contribution in [3.05, 3.63) is 59.2 Å². The molecule has 0 saturated heterocycles. The van der Waals surface area contributed by atoms with E-state index in [1.54, 1.807) is 13.0 Å². The zero-order valence-corrected chi connectivity index (χ0v) is 10.6. The zero-order valence-electron chi connectivity index (χ0n) is 10.6. The molecule has 0 aliphatic rings. The summed E-state index contributed by atoms with van der Waals surface area (Å²) in [6.07, 6.45) is 1.25. The van der Waals surface area contributed by atoms with Crippen molar-refractivity contribution in [3.63, 3.8) is 0 Å². The first kappa shape index (κ1) is 13.7. The molecule has 0 bridgehead atoms. The van der Waals surface area contributed by atoms with Gasteiger partial charge < -0.3 is 10.4 Å². The van der Waals surface area contributed by atoms with Crippen LogP contribution in [0.15, 0.2) is 36.5 Å². The molecule has 0 saturated carbocycles. The summed E-state index contributed by atoms with van der Waals surface area (Å²) in [5, 5.41) is 11.2. The number of halogens is 1. The number of carboxylic acid groups (broad SMARTS) is 1. The highest BCUT2D eigenvalue weighted by Crippen LogP contribution is 2.14. The zero-order chi connectivity index (χ0) is 14.7. The van der Waals surface area contributed by atoms with E-state index in [-0.39, 0.29) is 16.9 Å². The van der Waals surface area contributed by atoms with Crippen LogP contribution in [0.3, 0.4) is 0 Å². The molecule has 2 rings (SSSR count). The fraction of sp³-hybridized carbons (Fsp3) is 0.0714. The summed E-state index contributed by atoms with van der Waals surface area (Å²) in [6.45, 7) is 1.72. The number of pyridine rings is 1. The van der Waals surface area contributed by atoms with Crippen molar-refractivity contribution in [1.82, 2.24) is 4.98 Å². The third-order valence-electron chi connectivity index (χ3n) is 2.61. The molecule has 0 unspecified atom stereocenters. The van der Waals surface area contributed by atoms with Gasteiger partial charge in [0.2, 0.25) is 0 Å². The van der Waals surface area contributed by atoms with Gasteiger partial charge in [0.1, 0.15) is 11.5 Å². The number of rotatable bonds is 3. The largest absolute Gasteiger partial charge is 0.477 e.